The van der Waals surface area contributed by atoms with Gasteiger partial charge >= 0.3 is 5.97 Å². The summed E-state index contributed by atoms with van der Waals surface area (Å²) in [6.07, 6.45) is 1.26. The van der Waals surface area contributed by atoms with Crippen molar-refractivity contribution in [2.45, 2.75) is 18.9 Å². The highest BCUT2D eigenvalue weighted by molar-refractivity contribution is 14.2. The fourth-order valence-corrected chi connectivity index (χ4v) is 3.63. The van der Waals surface area contributed by atoms with Crippen molar-refractivity contribution in [1.29, 1.82) is 0 Å². The van der Waals surface area contributed by atoms with E-state index < -0.39 is 19.2 Å². The topological polar surface area (TPSA) is 63.7 Å². The third-order valence-corrected chi connectivity index (χ3v) is 4.47. The van der Waals surface area contributed by atoms with Crippen LogP contribution in [0.1, 0.15) is 12.8 Å². The Balaban J connectivity index is 2.82. The zero-order chi connectivity index (χ0) is 10.1. The minimum atomic E-state index is -3.30. The highest BCUT2D eigenvalue weighted by Gasteiger charge is 2.37. The quantitative estimate of drug-likeness (QED) is 0.417. The molecule has 0 amide bonds. The van der Waals surface area contributed by atoms with E-state index in [2.05, 4.69) is 4.74 Å². The number of halogens is 1. The Bertz CT molecular complexity index is 302. The molecule has 1 aliphatic rings. The second-order valence-corrected chi connectivity index (χ2v) is 7.37. The minimum absolute atomic E-state index is 0.408. The summed E-state index contributed by atoms with van der Waals surface area (Å²) in [5, 5.41) is 0. The molecule has 5 nitrogen and oxygen atoms in total. The number of hydrogen-bond acceptors (Lipinski definition) is 4. The van der Waals surface area contributed by atoms with E-state index in [0.29, 0.717) is 19.4 Å². The molecule has 1 rings (SSSR count). The molecule has 0 aliphatic carbocycles. The Morgan fingerprint density at radius 1 is 1.62 bits per heavy atom. The lowest BCUT2D eigenvalue weighted by atomic mass is 10.2. The molecule has 1 saturated heterocycles. The molecule has 7 heteroatoms. The predicted octanol–water partition coefficient (Wildman–Crippen LogP) is 0.304. The van der Waals surface area contributed by atoms with E-state index in [-0.39, 0.29) is 0 Å². The van der Waals surface area contributed by atoms with Gasteiger partial charge in [-0.2, -0.15) is 4.31 Å². The molecular formula is C6H10INO4S. The van der Waals surface area contributed by atoms with E-state index in [1.165, 1.54) is 32.6 Å². The smallest absolute Gasteiger partial charge is 0.324 e. The summed E-state index contributed by atoms with van der Waals surface area (Å²) >= 11 is 1.33. The van der Waals surface area contributed by atoms with Gasteiger partial charge in [0.2, 0.25) is 0 Å². The number of rotatable bonds is 2. The molecule has 1 heterocycles. The van der Waals surface area contributed by atoms with Crippen LogP contribution < -0.4 is 0 Å². The van der Waals surface area contributed by atoms with Crippen molar-refractivity contribution in [3.05, 3.63) is 0 Å². The molecule has 0 spiro atoms. The van der Waals surface area contributed by atoms with Crippen molar-refractivity contribution in [1.82, 2.24) is 4.31 Å². The van der Waals surface area contributed by atoms with E-state index in [0.717, 1.165) is 0 Å². The highest BCUT2D eigenvalue weighted by Crippen LogP contribution is 2.25. The molecule has 13 heavy (non-hydrogen) atoms. The minimum Gasteiger partial charge on any atom is -0.468 e. The zero-order valence-electron chi connectivity index (χ0n) is 7.07. The molecule has 0 aromatic heterocycles. The Hall–Kier alpha value is 0.110. The molecular weight excluding hydrogens is 309 g/mol. The maximum Gasteiger partial charge on any atom is 0.324 e. The average Bonchev–Trinajstić information content (AvgIpc) is 2.49. The Morgan fingerprint density at radius 2 is 2.23 bits per heavy atom. The number of nitrogens with zero attached hydrogens (tertiary/aromatic N) is 1. The molecule has 0 aromatic rings. The summed E-state index contributed by atoms with van der Waals surface area (Å²) in [5.74, 6) is -0.474. The SMILES string of the molecule is COC(=O)[C@@H]1CCCN1S(=O)(=O)I. The Morgan fingerprint density at radius 3 is 2.69 bits per heavy atom. The first-order valence-electron chi connectivity index (χ1n) is 3.76. The molecule has 1 fully saturated rings. The normalized spacial score (nSPS) is 24.6. The fourth-order valence-electron chi connectivity index (χ4n) is 1.37. The standard InChI is InChI=1S/C6H10INO4S/c1-12-6(9)5-3-2-4-8(5)13(7,10)11/h5H,2-4H2,1H3/t5-/m0/s1. The van der Waals surface area contributed by atoms with Gasteiger partial charge in [-0.25, -0.2) is 8.42 Å². The molecule has 0 bridgehead atoms. The van der Waals surface area contributed by atoms with Crippen molar-refractivity contribution < 1.29 is 17.9 Å². The van der Waals surface area contributed by atoms with Crippen LogP contribution in [0.15, 0.2) is 0 Å². The van der Waals surface area contributed by atoms with Crippen LogP contribution in [0, 0.1) is 0 Å². The van der Waals surface area contributed by atoms with Crippen molar-refractivity contribution in [3.8, 4) is 0 Å². The lowest BCUT2D eigenvalue weighted by Crippen LogP contribution is -2.38. The molecule has 0 radical (unpaired) electrons. The van der Waals surface area contributed by atoms with Crippen LogP contribution in [0.4, 0.5) is 0 Å². The lowest BCUT2D eigenvalue weighted by Gasteiger charge is -2.18. The summed E-state index contributed by atoms with van der Waals surface area (Å²) in [7, 11) is -2.04. The third kappa shape index (κ3) is 2.53. The average molecular weight is 319 g/mol. The van der Waals surface area contributed by atoms with Gasteiger partial charge < -0.3 is 4.74 Å². The van der Waals surface area contributed by atoms with E-state index >= 15 is 0 Å². The van der Waals surface area contributed by atoms with Crippen LogP contribution in [0.2, 0.25) is 0 Å². The number of carbonyl (C=O) groups excluding carboxylic acids is 1. The van der Waals surface area contributed by atoms with E-state index in [4.69, 9.17) is 0 Å². The Kier molecular flexibility index (Phi) is 3.52. The van der Waals surface area contributed by atoms with Crippen LogP contribution in [0.3, 0.4) is 0 Å². The van der Waals surface area contributed by atoms with Gasteiger partial charge in [0.15, 0.2) is 0 Å². The van der Waals surface area contributed by atoms with E-state index in [9.17, 15) is 13.2 Å². The monoisotopic (exact) mass is 319 g/mol. The van der Waals surface area contributed by atoms with Crippen LogP contribution in [0.5, 0.6) is 0 Å². The molecule has 1 aliphatic heterocycles. The first-order chi connectivity index (χ1) is 5.96. The van der Waals surface area contributed by atoms with Crippen LogP contribution in [0.25, 0.3) is 0 Å². The summed E-state index contributed by atoms with van der Waals surface area (Å²) in [6, 6.07) is -0.619. The molecule has 76 valence electrons. The van der Waals surface area contributed by atoms with Gasteiger partial charge in [-0.3, -0.25) is 4.79 Å². The number of carbonyl (C=O) groups is 1. The maximum absolute atomic E-state index is 11.2. The number of esters is 1. The van der Waals surface area contributed by atoms with E-state index in [1.54, 1.807) is 0 Å². The molecule has 0 aromatic carbocycles. The van der Waals surface area contributed by atoms with Crippen LogP contribution >= 0.6 is 21.2 Å². The predicted molar refractivity (Wildman–Crippen MR) is 54.7 cm³/mol. The highest BCUT2D eigenvalue weighted by atomic mass is 127. The van der Waals surface area contributed by atoms with E-state index in [1.807, 2.05) is 0 Å². The fraction of sp³-hybridized carbons (Fsp3) is 0.833. The van der Waals surface area contributed by atoms with Gasteiger partial charge in [0, 0.05) is 6.54 Å². The zero-order valence-corrected chi connectivity index (χ0v) is 10.0. The Labute approximate surface area is 89.1 Å². The van der Waals surface area contributed by atoms with Crippen molar-refractivity contribution in [2.24, 2.45) is 0 Å². The number of hydrogen-bond donors (Lipinski definition) is 0. The first kappa shape index (κ1) is 11.2. The van der Waals surface area contributed by atoms with Crippen molar-refractivity contribution in [2.75, 3.05) is 13.7 Å². The largest absolute Gasteiger partial charge is 0.468 e. The molecule has 0 unspecified atom stereocenters. The second kappa shape index (κ2) is 4.09. The van der Waals surface area contributed by atoms with Crippen molar-refractivity contribution in [3.63, 3.8) is 0 Å². The number of methoxy groups -OCH3 is 1. The van der Waals surface area contributed by atoms with Gasteiger partial charge in [-0.05, 0) is 12.8 Å². The van der Waals surface area contributed by atoms with Gasteiger partial charge in [0.05, 0.1) is 28.3 Å². The van der Waals surface area contributed by atoms with Gasteiger partial charge in [0.1, 0.15) is 6.04 Å². The third-order valence-electron chi connectivity index (χ3n) is 1.96. The van der Waals surface area contributed by atoms with Crippen LogP contribution in [-0.2, 0) is 16.7 Å². The second-order valence-electron chi connectivity index (χ2n) is 2.73. The summed E-state index contributed by atoms with van der Waals surface area (Å²) in [5.41, 5.74) is 0. The number of ether oxygens (including phenoxy) is 1. The summed E-state index contributed by atoms with van der Waals surface area (Å²) in [4.78, 5) is 11.1. The van der Waals surface area contributed by atoms with Crippen LogP contribution in [-0.4, -0.2) is 38.4 Å². The lowest BCUT2D eigenvalue weighted by molar-refractivity contribution is -0.144. The summed E-state index contributed by atoms with van der Waals surface area (Å²) < 4.78 is 28.0. The van der Waals surface area contributed by atoms with Gasteiger partial charge in [-0.15, -0.1) is 0 Å². The van der Waals surface area contributed by atoms with Gasteiger partial charge in [0.25, 0.3) is 7.19 Å². The molecule has 0 saturated carbocycles. The summed E-state index contributed by atoms with van der Waals surface area (Å²) in [6.45, 7) is 0.408. The maximum atomic E-state index is 11.2. The van der Waals surface area contributed by atoms with Crippen molar-refractivity contribution >= 4 is 34.4 Å². The first-order valence-corrected chi connectivity index (χ1v) is 7.74. The van der Waals surface area contributed by atoms with Gasteiger partial charge in [-0.1, -0.05) is 0 Å². The molecule has 0 N–H and O–H groups in total. The molecule has 1 atom stereocenters.